The Hall–Kier alpha value is -4.93. The monoisotopic (exact) mass is 566 g/mol. The smallest absolute Gasteiger partial charge is 0.356 e. The van der Waals surface area contributed by atoms with Crippen LogP contribution in [0.2, 0.25) is 5.15 Å². The van der Waals surface area contributed by atoms with Gasteiger partial charge in [0.05, 0.1) is 34.0 Å². The Morgan fingerprint density at radius 2 is 1.90 bits per heavy atom. The molecule has 0 radical (unpaired) electrons. The number of anilines is 3. The average Bonchev–Trinajstić information content (AvgIpc) is 2.96. The van der Waals surface area contributed by atoms with E-state index in [9.17, 15) is 20.4 Å². The third-order valence-electron chi connectivity index (χ3n) is 7.20. The number of aromatic carboxylic acids is 1. The van der Waals surface area contributed by atoms with Gasteiger partial charge in [-0.25, -0.2) is 19.7 Å². The Labute approximate surface area is 242 Å². The number of hydrogen-bond donors (Lipinski definition) is 2. The second-order valence-corrected chi connectivity index (χ2v) is 10.4. The Balaban J connectivity index is 1.51. The molecule has 10 nitrogen and oxygen atoms in total. The number of carboxylic acids is 1. The first kappa shape index (κ1) is 27.6. The molecule has 2 aromatic carbocycles. The van der Waals surface area contributed by atoms with E-state index < -0.39 is 5.97 Å². The highest BCUT2D eigenvalue weighted by molar-refractivity contribution is 6.29. The van der Waals surface area contributed by atoms with Crippen molar-refractivity contribution in [2.24, 2.45) is 0 Å². The van der Waals surface area contributed by atoms with Crippen molar-refractivity contribution < 1.29 is 9.90 Å². The third kappa shape index (κ3) is 5.43. The van der Waals surface area contributed by atoms with Crippen molar-refractivity contribution in [3.05, 3.63) is 81.8 Å². The molecule has 11 heteroatoms. The second kappa shape index (κ2) is 11.3. The number of piperazine rings is 1. The fraction of sp³-hybridized carbons (Fsp3) is 0.267. The van der Waals surface area contributed by atoms with Crippen molar-refractivity contribution in [2.75, 3.05) is 34.8 Å². The van der Waals surface area contributed by atoms with Gasteiger partial charge in [0.2, 0.25) is 0 Å². The van der Waals surface area contributed by atoms with E-state index in [2.05, 4.69) is 39.2 Å². The molecule has 0 aliphatic carbocycles. The molecule has 3 heterocycles. The van der Waals surface area contributed by atoms with Crippen molar-refractivity contribution in [1.29, 1.82) is 10.5 Å². The van der Waals surface area contributed by atoms with Crippen LogP contribution in [0.25, 0.3) is 11.0 Å². The fourth-order valence-corrected chi connectivity index (χ4v) is 5.44. The SMILES string of the molecule is Cc1cc([C@@H](C)Nc2ccc(Cl)nc2C(=O)O)c2nc(N3CCN(c4ccccc4C#N)CC3C)c(C#N)nc2c1. The van der Waals surface area contributed by atoms with Crippen LogP contribution in [0.5, 0.6) is 0 Å². The highest BCUT2D eigenvalue weighted by Crippen LogP contribution is 2.32. The third-order valence-corrected chi connectivity index (χ3v) is 7.41. The molecule has 1 fully saturated rings. The molecule has 41 heavy (non-hydrogen) atoms. The molecule has 1 aliphatic rings. The fourth-order valence-electron chi connectivity index (χ4n) is 5.29. The predicted octanol–water partition coefficient (Wildman–Crippen LogP) is 5.32. The summed E-state index contributed by atoms with van der Waals surface area (Å²) in [6.07, 6.45) is 0. The van der Waals surface area contributed by atoms with Gasteiger partial charge in [0, 0.05) is 31.2 Å². The number of carboxylic acid groups (broad SMARTS) is 1. The number of halogens is 1. The lowest BCUT2D eigenvalue weighted by Gasteiger charge is -2.42. The number of benzene rings is 2. The van der Waals surface area contributed by atoms with E-state index >= 15 is 0 Å². The number of fused-ring (bicyclic) bond motifs is 1. The predicted molar refractivity (Wildman–Crippen MR) is 157 cm³/mol. The first-order valence-corrected chi connectivity index (χ1v) is 13.5. The summed E-state index contributed by atoms with van der Waals surface area (Å²) in [7, 11) is 0. The van der Waals surface area contributed by atoms with Gasteiger partial charge in [-0.1, -0.05) is 29.8 Å². The normalized spacial score (nSPS) is 15.7. The summed E-state index contributed by atoms with van der Waals surface area (Å²) in [6.45, 7) is 7.78. The number of pyridine rings is 1. The molecule has 1 unspecified atom stereocenters. The van der Waals surface area contributed by atoms with Gasteiger partial charge in [-0.05, 0) is 56.7 Å². The summed E-state index contributed by atoms with van der Waals surface area (Å²) in [5.74, 6) is -0.694. The zero-order chi connectivity index (χ0) is 29.3. The topological polar surface area (TPSA) is 142 Å². The van der Waals surface area contributed by atoms with Crippen LogP contribution in [0.1, 0.15) is 52.8 Å². The number of nitrogens with zero attached hydrogens (tertiary/aromatic N) is 7. The van der Waals surface area contributed by atoms with Crippen molar-refractivity contribution >= 4 is 45.8 Å². The molecule has 1 saturated heterocycles. The summed E-state index contributed by atoms with van der Waals surface area (Å²) < 4.78 is 0. The molecule has 1 aliphatic heterocycles. The van der Waals surface area contributed by atoms with E-state index in [0.29, 0.717) is 47.7 Å². The summed E-state index contributed by atoms with van der Waals surface area (Å²) in [6, 6.07) is 18.6. The molecule has 2 aromatic heterocycles. The van der Waals surface area contributed by atoms with Crippen LogP contribution in [0.15, 0.2) is 48.5 Å². The highest BCUT2D eigenvalue weighted by atomic mass is 35.5. The summed E-state index contributed by atoms with van der Waals surface area (Å²) in [4.78, 5) is 29.7. The van der Waals surface area contributed by atoms with E-state index in [1.54, 1.807) is 6.07 Å². The Bertz CT molecular complexity index is 1750. The number of carbonyl (C=O) groups is 1. The molecule has 5 rings (SSSR count). The van der Waals surface area contributed by atoms with E-state index in [1.165, 1.54) is 6.07 Å². The van der Waals surface area contributed by atoms with E-state index in [4.69, 9.17) is 21.6 Å². The number of aromatic nitrogens is 3. The lowest BCUT2D eigenvalue weighted by Crippen LogP contribution is -2.53. The van der Waals surface area contributed by atoms with Gasteiger partial charge in [0.1, 0.15) is 17.3 Å². The molecular formula is C30H27ClN8O2. The van der Waals surface area contributed by atoms with Crippen LogP contribution < -0.4 is 15.1 Å². The number of nitrogens with one attached hydrogen (secondary N) is 1. The maximum Gasteiger partial charge on any atom is 0.356 e. The number of aryl methyl sites for hydroxylation is 1. The van der Waals surface area contributed by atoms with E-state index in [1.807, 2.05) is 50.2 Å². The van der Waals surface area contributed by atoms with Crippen LogP contribution in [-0.4, -0.2) is 51.7 Å². The molecule has 4 aromatic rings. The van der Waals surface area contributed by atoms with Gasteiger partial charge >= 0.3 is 5.97 Å². The second-order valence-electron chi connectivity index (χ2n) is 10.0. The maximum atomic E-state index is 11.8. The molecule has 0 saturated carbocycles. The zero-order valence-corrected chi connectivity index (χ0v) is 23.5. The molecule has 206 valence electrons. The van der Waals surface area contributed by atoms with Crippen LogP contribution in [0.3, 0.4) is 0 Å². The minimum atomic E-state index is -1.19. The molecular weight excluding hydrogens is 540 g/mol. The molecule has 0 bridgehead atoms. The molecule has 2 N–H and O–H groups in total. The Morgan fingerprint density at radius 3 is 2.61 bits per heavy atom. The minimum Gasteiger partial charge on any atom is -0.476 e. The maximum absolute atomic E-state index is 11.8. The first-order chi connectivity index (χ1) is 19.7. The summed E-state index contributed by atoms with van der Waals surface area (Å²) in [5.41, 5.74) is 4.84. The van der Waals surface area contributed by atoms with Crippen LogP contribution in [0.4, 0.5) is 17.2 Å². The van der Waals surface area contributed by atoms with Gasteiger partial charge in [-0.3, -0.25) is 0 Å². The molecule has 0 spiro atoms. The van der Waals surface area contributed by atoms with Crippen LogP contribution in [-0.2, 0) is 0 Å². The molecule has 0 amide bonds. The van der Waals surface area contributed by atoms with E-state index in [-0.39, 0.29) is 28.6 Å². The van der Waals surface area contributed by atoms with Crippen molar-refractivity contribution in [1.82, 2.24) is 15.0 Å². The van der Waals surface area contributed by atoms with Crippen LogP contribution >= 0.6 is 11.6 Å². The lowest BCUT2D eigenvalue weighted by molar-refractivity contribution is 0.0691. The van der Waals surface area contributed by atoms with Crippen LogP contribution in [0, 0.1) is 29.6 Å². The minimum absolute atomic E-state index is 0.0166. The van der Waals surface area contributed by atoms with E-state index in [0.717, 1.165) is 16.8 Å². The summed E-state index contributed by atoms with van der Waals surface area (Å²) >= 11 is 5.94. The Morgan fingerprint density at radius 1 is 1.12 bits per heavy atom. The first-order valence-electron chi connectivity index (χ1n) is 13.1. The number of para-hydroxylation sites is 1. The van der Waals surface area contributed by atoms with Gasteiger partial charge in [-0.15, -0.1) is 0 Å². The quantitative estimate of drug-likeness (QED) is 0.294. The Kier molecular flexibility index (Phi) is 7.60. The number of hydrogen-bond acceptors (Lipinski definition) is 9. The van der Waals surface area contributed by atoms with Gasteiger partial charge in [0.15, 0.2) is 17.2 Å². The number of nitriles is 2. The molecule has 2 atom stereocenters. The van der Waals surface area contributed by atoms with Crippen molar-refractivity contribution in [3.63, 3.8) is 0 Å². The average molecular weight is 567 g/mol. The van der Waals surface area contributed by atoms with Gasteiger partial charge in [0.25, 0.3) is 0 Å². The lowest BCUT2D eigenvalue weighted by atomic mass is 10.0. The zero-order valence-electron chi connectivity index (χ0n) is 22.8. The standard InChI is InChI=1S/C30H27ClN8O2/c1-17-12-21(19(3)34-22-8-9-26(31)36-28(22)30(40)41)27-23(13-17)35-24(15-33)29(37-27)39-11-10-38(16-18(39)2)25-7-5-4-6-20(25)14-32/h4-9,12-13,18-19,34H,10-11,16H2,1-3H3,(H,40,41)/t18?,19-/m1/s1. The number of rotatable bonds is 6. The van der Waals surface area contributed by atoms with Crippen molar-refractivity contribution in [2.45, 2.75) is 32.9 Å². The largest absolute Gasteiger partial charge is 0.476 e. The van der Waals surface area contributed by atoms with Gasteiger partial charge < -0.3 is 20.2 Å². The van der Waals surface area contributed by atoms with Gasteiger partial charge in [-0.2, -0.15) is 10.5 Å². The summed E-state index contributed by atoms with van der Waals surface area (Å²) in [5, 5.41) is 32.6. The highest BCUT2D eigenvalue weighted by Gasteiger charge is 2.29. The van der Waals surface area contributed by atoms with Crippen molar-refractivity contribution in [3.8, 4) is 12.1 Å².